The van der Waals surface area contributed by atoms with Gasteiger partial charge in [-0.25, -0.2) is 0 Å². The lowest BCUT2D eigenvalue weighted by molar-refractivity contribution is -0.0417. The molecule has 1 saturated heterocycles. The maximum Gasteiger partial charge on any atom is 0.209 e. The Balaban J connectivity index is 2.04. The Hall–Kier alpha value is -0.520. The van der Waals surface area contributed by atoms with Crippen LogP contribution in [0.5, 0.6) is 0 Å². The van der Waals surface area contributed by atoms with Gasteiger partial charge in [-0.05, 0) is 0 Å². The molecule has 0 amide bonds. The fourth-order valence-corrected chi connectivity index (χ4v) is 1.43. The van der Waals surface area contributed by atoms with Crippen molar-refractivity contribution >= 4 is 11.3 Å². The molecule has 0 bridgehead atoms. The number of hydrogen-bond donors (Lipinski definition) is 0. The molecular weight excluding hydrogens is 164 g/mol. The molecule has 0 saturated carbocycles. The van der Waals surface area contributed by atoms with Crippen molar-refractivity contribution in [1.82, 2.24) is 10.2 Å². The summed E-state index contributed by atoms with van der Waals surface area (Å²) >= 11 is 1.41. The summed E-state index contributed by atoms with van der Waals surface area (Å²) in [5, 5.41) is 8.43. The molecule has 0 atom stereocenters. The van der Waals surface area contributed by atoms with E-state index in [1.165, 1.54) is 18.1 Å². The second-order valence-electron chi connectivity index (χ2n) is 2.19. The van der Waals surface area contributed by atoms with Crippen LogP contribution in [0.3, 0.4) is 0 Å². The number of hydrogen-bond acceptors (Lipinski definition) is 5. The van der Waals surface area contributed by atoms with E-state index in [0.29, 0.717) is 13.2 Å². The summed E-state index contributed by atoms with van der Waals surface area (Å²) < 4.78 is 9.97. The van der Waals surface area contributed by atoms with E-state index in [9.17, 15) is 0 Å². The number of rotatable bonds is 1. The second kappa shape index (κ2) is 3.25. The highest BCUT2D eigenvalue weighted by molar-refractivity contribution is 7.08. The Morgan fingerprint density at radius 1 is 1.55 bits per heavy atom. The van der Waals surface area contributed by atoms with Crippen LogP contribution in [0, 0.1) is 12.3 Å². The lowest BCUT2D eigenvalue weighted by Gasteiger charge is -2.18. The first-order valence-corrected chi connectivity index (χ1v) is 4.03. The molecule has 2 radical (unpaired) electrons. The van der Waals surface area contributed by atoms with Crippen LogP contribution in [-0.2, 0) is 9.47 Å². The van der Waals surface area contributed by atoms with Crippen molar-refractivity contribution < 1.29 is 9.47 Å². The van der Waals surface area contributed by atoms with E-state index in [2.05, 4.69) is 15.7 Å². The molecule has 1 aromatic rings. The van der Waals surface area contributed by atoms with Crippen molar-refractivity contribution in [2.24, 2.45) is 0 Å². The monoisotopic (exact) mass is 170 g/mol. The van der Waals surface area contributed by atoms with Gasteiger partial charge in [0.05, 0.1) is 19.1 Å². The number of ether oxygens (including phenoxy) is 2. The predicted molar refractivity (Wildman–Crippen MR) is 37.7 cm³/mol. The highest BCUT2D eigenvalue weighted by atomic mass is 32.1. The van der Waals surface area contributed by atoms with Crippen LogP contribution in [-0.4, -0.2) is 23.4 Å². The van der Waals surface area contributed by atoms with Crippen molar-refractivity contribution in [1.29, 1.82) is 0 Å². The Morgan fingerprint density at radius 3 is 3.00 bits per heavy atom. The van der Waals surface area contributed by atoms with Crippen molar-refractivity contribution in [2.75, 3.05) is 13.2 Å². The third kappa shape index (κ3) is 1.55. The molecule has 0 aliphatic carbocycles. The summed E-state index contributed by atoms with van der Waals surface area (Å²) in [6.07, 6.45) is 0. The smallest absolute Gasteiger partial charge is 0.209 e. The van der Waals surface area contributed by atoms with E-state index in [1.807, 2.05) is 0 Å². The lowest BCUT2D eigenvalue weighted by atomic mass is 10.2. The standard InChI is InChI=1S/C6H6N2O2S/c1-5(2-10-4-9-1)6-8-7-3-11-6/h4-5H,1-2H2. The fourth-order valence-electron chi connectivity index (χ4n) is 0.872. The van der Waals surface area contributed by atoms with Gasteiger partial charge >= 0.3 is 0 Å². The van der Waals surface area contributed by atoms with Crippen molar-refractivity contribution in [2.45, 2.75) is 5.92 Å². The average molecular weight is 170 g/mol. The SMILES string of the molecule is [c]1nnc(C2CO[CH]OC2)s1. The second-order valence-corrected chi connectivity index (χ2v) is 3.00. The fraction of sp³-hybridized carbons (Fsp3) is 0.500. The summed E-state index contributed by atoms with van der Waals surface area (Å²) in [5.41, 5.74) is 2.69. The Labute approximate surface area is 68.2 Å². The van der Waals surface area contributed by atoms with Crippen LogP contribution in [0.4, 0.5) is 0 Å². The summed E-state index contributed by atoms with van der Waals surface area (Å²) in [6, 6.07) is 0. The predicted octanol–water partition coefficient (Wildman–Crippen LogP) is 0.588. The molecule has 0 aromatic carbocycles. The van der Waals surface area contributed by atoms with E-state index in [-0.39, 0.29) is 5.92 Å². The van der Waals surface area contributed by atoms with E-state index < -0.39 is 0 Å². The zero-order chi connectivity index (χ0) is 7.52. The van der Waals surface area contributed by atoms with E-state index in [0.717, 1.165) is 5.01 Å². The minimum atomic E-state index is 0.226. The molecule has 58 valence electrons. The van der Waals surface area contributed by atoms with Gasteiger partial charge in [-0.1, -0.05) is 11.3 Å². The first-order chi connectivity index (χ1) is 5.47. The van der Waals surface area contributed by atoms with E-state index in [1.54, 1.807) is 0 Å². The van der Waals surface area contributed by atoms with Gasteiger partial charge in [0.2, 0.25) is 6.79 Å². The molecule has 2 heterocycles. The molecule has 4 nitrogen and oxygen atoms in total. The van der Waals surface area contributed by atoms with Crippen molar-refractivity contribution in [3.8, 4) is 0 Å². The first-order valence-electron chi connectivity index (χ1n) is 3.21. The Morgan fingerprint density at radius 2 is 2.36 bits per heavy atom. The van der Waals surface area contributed by atoms with Crippen LogP contribution in [0.15, 0.2) is 0 Å². The van der Waals surface area contributed by atoms with Crippen LogP contribution >= 0.6 is 11.3 Å². The van der Waals surface area contributed by atoms with Gasteiger partial charge in [0, 0.05) is 0 Å². The minimum absolute atomic E-state index is 0.226. The largest absolute Gasteiger partial charge is 0.347 e. The van der Waals surface area contributed by atoms with Gasteiger partial charge < -0.3 is 9.47 Å². The summed E-state index contributed by atoms with van der Waals surface area (Å²) in [6.45, 7) is 2.62. The van der Waals surface area contributed by atoms with E-state index in [4.69, 9.17) is 9.47 Å². The van der Waals surface area contributed by atoms with Crippen LogP contribution in [0.1, 0.15) is 10.9 Å². The summed E-state index contributed by atoms with van der Waals surface area (Å²) in [4.78, 5) is 0. The van der Waals surface area contributed by atoms with E-state index >= 15 is 0 Å². The number of aromatic nitrogens is 2. The average Bonchev–Trinajstić information content (AvgIpc) is 2.58. The van der Waals surface area contributed by atoms with Crippen LogP contribution < -0.4 is 0 Å². The lowest BCUT2D eigenvalue weighted by Crippen LogP contribution is -2.19. The van der Waals surface area contributed by atoms with Crippen LogP contribution in [0.25, 0.3) is 0 Å². The molecule has 5 heteroatoms. The van der Waals surface area contributed by atoms with Gasteiger partial charge in [-0.15, -0.1) is 10.2 Å². The molecule has 1 aromatic heterocycles. The molecule has 11 heavy (non-hydrogen) atoms. The molecule has 0 N–H and O–H groups in total. The summed E-state index contributed by atoms with van der Waals surface area (Å²) in [5.74, 6) is 0.226. The zero-order valence-electron chi connectivity index (χ0n) is 5.69. The van der Waals surface area contributed by atoms with Gasteiger partial charge in [0.25, 0.3) is 0 Å². The van der Waals surface area contributed by atoms with Gasteiger partial charge in [0.1, 0.15) is 5.01 Å². The summed E-state index contributed by atoms with van der Waals surface area (Å²) in [7, 11) is 0. The first kappa shape index (κ1) is 7.15. The van der Waals surface area contributed by atoms with Gasteiger partial charge in [-0.3, -0.25) is 0 Å². The minimum Gasteiger partial charge on any atom is -0.347 e. The third-order valence-electron chi connectivity index (χ3n) is 1.42. The van der Waals surface area contributed by atoms with Crippen molar-refractivity contribution in [3.63, 3.8) is 0 Å². The number of nitrogens with zero attached hydrogens (tertiary/aromatic N) is 2. The molecular formula is C6H6N2O2S. The van der Waals surface area contributed by atoms with Gasteiger partial charge in [0.15, 0.2) is 5.51 Å². The molecule has 1 aliphatic heterocycles. The van der Waals surface area contributed by atoms with Crippen LogP contribution in [0.2, 0.25) is 0 Å². The highest BCUT2D eigenvalue weighted by Gasteiger charge is 2.19. The molecule has 0 spiro atoms. The zero-order valence-corrected chi connectivity index (χ0v) is 6.50. The highest BCUT2D eigenvalue weighted by Crippen LogP contribution is 2.21. The Kier molecular flexibility index (Phi) is 2.11. The molecule has 2 rings (SSSR count). The molecule has 1 fully saturated rings. The third-order valence-corrected chi connectivity index (χ3v) is 2.22. The van der Waals surface area contributed by atoms with Crippen molar-refractivity contribution in [3.05, 3.63) is 17.3 Å². The quantitative estimate of drug-likeness (QED) is 0.618. The maximum atomic E-state index is 4.98. The topological polar surface area (TPSA) is 44.2 Å². The molecule has 0 unspecified atom stereocenters. The maximum absolute atomic E-state index is 4.98. The van der Waals surface area contributed by atoms with Gasteiger partial charge in [-0.2, -0.15) is 0 Å². The Bertz CT molecular complexity index is 208. The molecule has 1 aliphatic rings. The normalized spacial score (nSPS) is 20.4.